The van der Waals surface area contributed by atoms with Crippen molar-refractivity contribution < 1.29 is 23.1 Å². The van der Waals surface area contributed by atoms with E-state index in [1.807, 2.05) is 6.92 Å². The number of anilines is 1. The van der Waals surface area contributed by atoms with E-state index in [1.165, 1.54) is 31.2 Å². The monoisotopic (exact) mass is 500 g/mol. The van der Waals surface area contributed by atoms with Gasteiger partial charge in [0.25, 0.3) is 10.0 Å². The highest BCUT2D eigenvalue weighted by Gasteiger charge is 2.34. The molecule has 9 heteroatoms. The molecule has 7 nitrogen and oxygen atoms in total. The van der Waals surface area contributed by atoms with E-state index in [1.54, 1.807) is 49.4 Å². The first-order valence-corrected chi connectivity index (χ1v) is 12.3. The smallest absolute Gasteiger partial charge is 0.335 e. The van der Waals surface area contributed by atoms with Gasteiger partial charge in [-0.05, 0) is 68.3 Å². The number of nitrogens with one attached hydrogen (secondary N) is 1. The van der Waals surface area contributed by atoms with Gasteiger partial charge in [0, 0.05) is 11.6 Å². The summed E-state index contributed by atoms with van der Waals surface area (Å²) in [6.45, 7) is 5.08. The Hall–Kier alpha value is -3.36. The van der Waals surface area contributed by atoms with Crippen molar-refractivity contribution in [3.8, 4) is 0 Å². The molecule has 0 heterocycles. The number of sulfonamides is 1. The molecule has 0 aliphatic rings. The number of carbonyl (C=O) groups is 2. The Morgan fingerprint density at radius 3 is 2.32 bits per heavy atom. The molecule has 3 aromatic rings. The van der Waals surface area contributed by atoms with Gasteiger partial charge in [0.15, 0.2) is 0 Å². The number of aryl methyl sites for hydroxylation is 1. The molecule has 1 amide bonds. The van der Waals surface area contributed by atoms with Crippen LogP contribution in [0.2, 0.25) is 5.02 Å². The summed E-state index contributed by atoms with van der Waals surface area (Å²) in [5.74, 6) is -1.62. The van der Waals surface area contributed by atoms with Gasteiger partial charge in [-0.2, -0.15) is 0 Å². The molecule has 0 spiro atoms. The maximum absolute atomic E-state index is 13.7. The molecule has 0 saturated carbocycles. The summed E-state index contributed by atoms with van der Waals surface area (Å²) < 4.78 is 28.4. The molecule has 0 aliphatic heterocycles. The Balaban J connectivity index is 1.96. The third-order valence-electron chi connectivity index (χ3n) is 5.43. The molecule has 0 aliphatic carbocycles. The largest absolute Gasteiger partial charge is 0.478 e. The summed E-state index contributed by atoms with van der Waals surface area (Å²) in [6, 6.07) is 16.3. The fourth-order valence-electron chi connectivity index (χ4n) is 3.46. The van der Waals surface area contributed by atoms with Crippen LogP contribution in [0, 0.1) is 13.8 Å². The number of rotatable bonds is 8. The summed E-state index contributed by atoms with van der Waals surface area (Å²) in [4.78, 5) is 24.4. The number of carbonyl (C=O) groups excluding carboxylic acids is 1. The van der Waals surface area contributed by atoms with Gasteiger partial charge in [0.2, 0.25) is 5.91 Å². The Labute approximate surface area is 204 Å². The molecular formula is C25H25ClN2O5S. The highest BCUT2D eigenvalue weighted by molar-refractivity contribution is 7.93. The molecular weight excluding hydrogens is 476 g/mol. The van der Waals surface area contributed by atoms with Crippen LogP contribution in [0.1, 0.15) is 34.0 Å². The maximum atomic E-state index is 13.7. The molecule has 2 N–H and O–H groups in total. The molecule has 178 valence electrons. The summed E-state index contributed by atoms with van der Waals surface area (Å²) in [5, 5.41) is 12.3. The van der Waals surface area contributed by atoms with Crippen molar-refractivity contribution >= 4 is 39.2 Å². The van der Waals surface area contributed by atoms with Gasteiger partial charge in [-0.15, -0.1) is 0 Å². The Morgan fingerprint density at radius 1 is 1.03 bits per heavy atom. The lowest BCUT2D eigenvalue weighted by Crippen LogP contribution is -2.48. The highest BCUT2D eigenvalue weighted by atomic mass is 35.5. The van der Waals surface area contributed by atoms with Crippen LogP contribution < -0.4 is 9.62 Å². The lowest BCUT2D eigenvalue weighted by Gasteiger charge is -2.31. The molecule has 0 aromatic heterocycles. The lowest BCUT2D eigenvalue weighted by atomic mass is 10.1. The maximum Gasteiger partial charge on any atom is 0.335 e. The zero-order valence-corrected chi connectivity index (χ0v) is 20.5. The van der Waals surface area contributed by atoms with E-state index < -0.39 is 27.9 Å². The standard InChI is InChI=1S/C25H25ClN2O5S/c1-16-10-12-21(13-11-16)34(32,33)28(23-9-5-8-22(26)17(23)2)18(3)24(29)27-15-19-6-4-7-20(14-19)25(30)31/h4-14,18H,15H2,1-3H3,(H,27,29)(H,30,31). The number of hydrogen-bond acceptors (Lipinski definition) is 4. The van der Waals surface area contributed by atoms with Crippen LogP contribution in [0.4, 0.5) is 5.69 Å². The number of hydrogen-bond donors (Lipinski definition) is 2. The van der Waals surface area contributed by atoms with E-state index in [0.717, 1.165) is 9.87 Å². The van der Waals surface area contributed by atoms with E-state index in [4.69, 9.17) is 16.7 Å². The second-order valence-electron chi connectivity index (χ2n) is 7.90. The zero-order chi connectivity index (χ0) is 25.0. The molecule has 0 radical (unpaired) electrons. The number of carboxylic acids is 1. The quantitative estimate of drug-likeness (QED) is 0.472. The fourth-order valence-corrected chi connectivity index (χ4v) is 5.31. The van der Waals surface area contributed by atoms with Crippen LogP contribution in [-0.4, -0.2) is 31.4 Å². The number of nitrogens with zero attached hydrogens (tertiary/aromatic N) is 1. The predicted octanol–water partition coefficient (Wildman–Crippen LogP) is 4.56. The first-order chi connectivity index (χ1) is 16.0. The minimum Gasteiger partial charge on any atom is -0.478 e. The average molecular weight is 501 g/mol. The molecule has 34 heavy (non-hydrogen) atoms. The van der Waals surface area contributed by atoms with Gasteiger partial charge in [-0.3, -0.25) is 9.10 Å². The van der Waals surface area contributed by atoms with Crippen LogP contribution in [0.5, 0.6) is 0 Å². The third kappa shape index (κ3) is 5.40. The Kier molecular flexibility index (Phi) is 7.64. The topological polar surface area (TPSA) is 104 Å². The van der Waals surface area contributed by atoms with Crippen molar-refractivity contribution in [2.45, 2.75) is 38.3 Å². The van der Waals surface area contributed by atoms with Crippen molar-refractivity contribution in [2.24, 2.45) is 0 Å². The summed E-state index contributed by atoms with van der Waals surface area (Å²) in [5.41, 5.74) is 2.39. The van der Waals surface area contributed by atoms with E-state index in [9.17, 15) is 18.0 Å². The minimum atomic E-state index is -4.12. The predicted molar refractivity (Wildman–Crippen MR) is 132 cm³/mol. The van der Waals surface area contributed by atoms with Crippen molar-refractivity contribution in [2.75, 3.05) is 4.31 Å². The lowest BCUT2D eigenvalue weighted by molar-refractivity contribution is -0.122. The van der Waals surface area contributed by atoms with E-state index in [-0.39, 0.29) is 17.0 Å². The zero-order valence-electron chi connectivity index (χ0n) is 18.9. The normalized spacial score (nSPS) is 12.1. The van der Waals surface area contributed by atoms with E-state index in [0.29, 0.717) is 21.8 Å². The van der Waals surface area contributed by atoms with Gasteiger partial charge >= 0.3 is 5.97 Å². The van der Waals surface area contributed by atoms with Crippen LogP contribution in [0.15, 0.2) is 71.6 Å². The number of halogens is 1. The summed E-state index contributed by atoms with van der Waals surface area (Å²) in [7, 11) is -4.12. The van der Waals surface area contributed by atoms with Gasteiger partial charge in [0.05, 0.1) is 16.1 Å². The number of amides is 1. The highest BCUT2D eigenvalue weighted by Crippen LogP contribution is 2.32. The summed E-state index contributed by atoms with van der Waals surface area (Å²) >= 11 is 6.27. The Morgan fingerprint density at radius 2 is 1.68 bits per heavy atom. The fraction of sp³-hybridized carbons (Fsp3) is 0.200. The van der Waals surface area contributed by atoms with Gasteiger partial charge in [-0.1, -0.05) is 47.5 Å². The molecule has 0 fully saturated rings. The molecule has 0 saturated heterocycles. The number of benzene rings is 3. The van der Waals surface area contributed by atoms with E-state index >= 15 is 0 Å². The SMILES string of the molecule is Cc1ccc(S(=O)(=O)N(c2cccc(Cl)c2C)C(C)C(=O)NCc2cccc(C(=O)O)c2)cc1. The Bertz CT molecular complexity index is 1320. The van der Waals surface area contributed by atoms with Crippen molar-refractivity contribution in [1.29, 1.82) is 0 Å². The molecule has 0 bridgehead atoms. The van der Waals surface area contributed by atoms with Crippen LogP contribution in [0.3, 0.4) is 0 Å². The average Bonchev–Trinajstić information content (AvgIpc) is 2.80. The van der Waals surface area contributed by atoms with Crippen LogP contribution in [-0.2, 0) is 21.4 Å². The second kappa shape index (κ2) is 10.3. The number of carboxylic acid groups (broad SMARTS) is 1. The minimum absolute atomic E-state index is 0.0389. The van der Waals surface area contributed by atoms with Crippen LogP contribution >= 0.6 is 11.6 Å². The van der Waals surface area contributed by atoms with Crippen molar-refractivity contribution in [3.63, 3.8) is 0 Å². The molecule has 3 rings (SSSR count). The number of aromatic carboxylic acids is 1. The first-order valence-electron chi connectivity index (χ1n) is 10.5. The van der Waals surface area contributed by atoms with Crippen molar-refractivity contribution in [1.82, 2.24) is 5.32 Å². The van der Waals surface area contributed by atoms with Gasteiger partial charge in [-0.25, -0.2) is 13.2 Å². The van der Waals surface area contributed by atoms with Gasteiger partial charge in [0.1, 0.15) is 6.04 Å². The molecule has 3 aromatic carbocycles. The molecule has 1 unspecified atom stereocenters. The third-order valence-corrected chi connectivity index (χ3v) is 7.73. The van der Waals surface area contributed by atoms with E-state index in [2.05, 4.69) is 5.32 Å². The molecule has 1 atom stereocenters. The first kappa shape index (κ1) is 25.3. The van der Waals surface area contributed by atoms with Crippen LogP contribution in [0.25, 0.3) is 0 Å². The van der Waals surface area contributed by atoms with Crippen molar-refractivity contribution in [3.05, 3.63) is 94.0 Å². The summed E-state index contributed by atoms with van der Waals surface area (Å²) in [6.07, 6.45) is 0. The second-order valence-corrected chi connectivity index (χ2v) is 10.1. The van der Waals surface area contributed by atoms with Gasteiger partial charge < -0.3 is 10.4 Å².